The molecule has 2 heteroatoms. The van der Waals surface area contributed by atoms with Crippen LogP contribution >= 0.6 is 0 Å². The van der Waals surface area contributed by atoms with E-state index in [0.29, 0.717) is 6.04 Å². The van der Waals surface area contributed by atoms with Crippen LogP contribution in [0.5, 0.6) is 0 Å². The van der Waals surface area contributed by atoms with Crippen molar-refractivity contribution in [3.63, 3.8) is 0 Å². The molecule has 0 saturated heterocycles. The van der Waals surface area contributed by atoms with Crippen molar-refractivity contribution in [2.75, 3.05) is 25.0 Å². The minimum absolute atomic E-state index is 0.692. The Balaban J connectivity index is 2.05. The van der Waals surface area contributed by atoms with Gasteiger partial charge in [-0.05, 0) is 51.8 Å². The van der Waals surface area contributed by atoms with Gasteiger partial charge in [-0.2, -0.15) is 0 Å². The maximum Gasteiger partial charge on any atom is 0.0366 e. The maximum atomic E-state index is 3.56. The number of rotatable bonds is 5. The van der Waals surface area contributed by atoms with Gasteiger partial charge in [0.2, 0.25) is 0 Å². The fourth-order valence-corrected chi connectivity index (χ4v) is 3.44. The molecule has 1 N–H and O–H groups in total. The Morgan fingerprint density at radius 1 is 1.10 bits per heavy atom. The highest BCUT2D eigenvalue weighted by molar-refractivity contribution is 5.47. The minimum atomic E-state index is 0.692. The molecule has 0 aliphatic heterocycles. The third kappa shape index (κ3) is 3.99. The van der Waals surface area contributed by atoms with Gasteiger partial charge in [0.25, 0.3) is 0 Å². The van der Waals surface area contributed by atoms with Crippen molar-refractivity contribution >= 4 is 5.69 Å². The first-order chi connectivity index (χ1) is 9.74. The van der Waals surface area contributed by atoms with Crippen molar-refractivity contribution in [1.82, 2.24) is 5.32 Å². The van der Waals surface area contributed by atoms with E-state index in [-0.39, 0.29) is 0 Å². The van der Waals surface area contributed by atoms with E-state index in [1.165, 1.54) is 49.9 Å². The maximum absolute atomic E-state index is 3.56. The molecule has 1 aromatic rings. The molecule has 112 valence electrons. The van der Waals surface area contributed by atoms with Crippen LogP contribution in [0.3, 0.4) is 0 Å². The summed E-state index contributed by atoms with van der Waals surface area (Å²) in [5.41, 5.74) is 2.71. The number of anilines is 1. The minimum Gasteiger partial charge on any atom is -0.371 e. The SMILES string of the molecule is CCN(CC1CCCCCC1NC)c1ccc(C)cc1. The number of benzene rings is 1. The third-order valence-electron chi connectivity index (χ3n) is 4.77. The second kappa shape index (κ2) is 7.68. The number of nitrogens with zero attached hydrogens (tertiary/aromatic N) is 1. The lowest BCUT2D eigenvalue weighted by molar-refractivity contribution is 0.353. The molecule has 2 rings (SSSR count). The Labute approximate surface area is 124 Å². The first kappa shape index (κ1) is 15.4. The molecule has 1 aliphatic rings. The molecule has 0 aromatic heterocycles. The van der Waals surface area contributed by atoms with E-state index < -0.39 is 0 Å². The van der Waals surface area contributed by atoms with Gasteiger partial charge in [0.15, 0.2) is 0 Å². The van der Waals surface area contributed by atoms with Gasteiger partial charge in [0.05, 0.1) is 0 Å². The summed E-state index contributed by atoms with van der Waals surface area (Å²) in [7, 11) is 2.13. The fourth-order valence-electron chi connectivity index (χ4n) is 3.44. The van der Waals surface area contributed by atoms with Gasteiger partial charge in [0, 0.05) is 24.8 Å². The average molecular weight is 274 g/mol. The van der Waals surface area contributed by atoms with Crippen LogP contribution in [0, 0.1) is 12.8 Å². The van der Waals surface area contributed by atoms with E-state index in [9.17, 15) is 0 Å². The van der Waals surface area contributed by atoms with E-state index in [1.54, 1.807) is 0 Å². The summed E-state index contributed by atoms with van der Waals surface area (Å²) in [4.78, 5) is 2.54. The Bertz CT molecular complexity index is 385. The van der Waals surface area contributed by atoms with E-state index >= 15 is 0 Å². The van der Waals surface area contributed by atoms with Crippen LogP contribution in [0.15, 0.2) is 24.3 Å². The molecule has 1 saturated carbocycles. The van der Waals surface area contributed by atoms with Crippen LogP contribution in [-0.4, -0.2) is 26.2 Å². The van der Waals surface area contributed by atoms with Crippen LogP contribution in [0.2, 0.25) is 0 Å². The van der Waals surface area contributed by atoms with Crippen LogP contribution < -0.4 is 10.2 Å². The van der Waals surface area contributed by atoms with Crippen molar-refractivity contribution in [2.45, 2.75) is 52.0 Å². The van der Waals surface area contributed by atoms with Crippen LogP contribution in [0.4, 0.5) is 5.69 Å². The molecule has 2 unspecified atom stereocenters. The number of hydrogen-bond donors (Lipinski definition) is 1. The predicted octanol–water partition coefficient (Wildman–Crippen LogP) is 3.99. The van der Waals surface area contributed by atoms with Gasteiger partial charge in [0.1, 0.15) is 0 Å². The second-order valence-electron chi connectivity index (χ2n) is 6.17. The molecule has 0 heterocycles. The van der Waals surface area contributed by atoms with Gasteiger partial charge < -0.3 is 10.2 Å². The van der Waals surface area contributed by atoms with Crippen LogP contribution in [0.1, 0.15) is 44.6 Å². The normalized spacial score (nSPS) is 23.4. The molecule has 1 aliphatic carbocycles. The molecule has 0 amide bonds. The molecular formula is C18H30N2. The van der Waals surface area contributed by atoms with E-state index in [0.717, 1.165) is 12.5 Å². The third-order valence-corrected chi connectivity index (χ3v) is 4.77. The van der Waals surface area contributed by atoms with Crippen LogP contribution in [-0.2, 0) is 0 Å². The van der Waals surface area contributed by atoms with Crippen molar-refractivity contribution in [1.29, 1.82) is 0 Å². The quantitative estimate of drug-likeness (QED) is 0.817. The standard InChI is InChI=1S/C18H30N2/c1-4-20(17-12-10-15(2)11-13-17)14-16-8-6-5-7-9-18(16)19-3/h10-13,16,18-19H,4-9,14H2,1-3H3. The average Bonchev–Trinajstić information content (AvgIpc) is 2.70. The molecule has 0 bridgehead atoms. The Hall–Kier alpha value is -1.02. The highest BCUT2D eigenvalue weighted by Gasteiger charge is 2.24. The smallest absolute Gasteiger partial charge is 0.0366 e. The summed E-state index contributed by atoms with van der Waals surface area (Å²) in [5.74, 6) is 0.781. The van der Waals surface area contributed by atoms with Crippen molar-refractivity contribution in [3.05, 3.63) is 29.8 Å². The van der Waals surface area contributed by atoms with E-state index in [4.69, 9.17) is 0 Å². The first-order valence-electron chi connectivity index (χ1n) is 8.23. The first-order valence-corrected chi connectivity index (χ1v) is 8.23. The van der Waals surface area contributed by atoms with Crippen molar-refractivity contribution in [3.8, 4) is 0 Å². The zero-order valence-electron chi connectivity index (χ0n) is 13.4. The Morgan fingerprint density at radius 3 is 2.45 bits per heavy atom. The summed E-state index contributed by atoms with van der Waals surface area (Å²) >= 11 is 0. The lowest BCUT2D eigenvalue weighted by Crippen LogP contribution is -2.40. The molecule has 1 fully saturated rings. The molecule has 1 aromatic carbocycles. The largest absolute Gasteiger partial charge is 0.371 e. The highest BCUT2D eigenvalue weighted by atomic mass is 15.1. The summed E-state index contributed by atoms with van der Waals surface area (Å²) in [6.07, 6.45) is 6.90. The van der Waals surface area contributed by atoms with E-state index in [2.05, 4.69) is 55.4 Å². The molecular weight excluding hydrogens is 244 g/mol. The molecule has 0 spiro atoms. The predicted molar refractivity (Wildman–Crippen MR) is 88.5 cm³/mol. The van der Waals surface area contributed by atoms with E-state index in [1.807, 2.05) is 0 Å². The van der Waals surface area contributed by atoms with Gasteiger partial charge >= 0.3 is 0 Å². The monoisotopic (exact) mass is 274 g/mol. The summed E-state index contributed by atoms with van der Waals surface area (Å²) in [5, 5.41) is 3.56. The fraction of sp³-hybridized carbons (Fsp3) is 0.667. The van der Waals surface area contributed by atoms with Crippen molar-refractivity contribution in [2.24, 2.45) is 5.92 Å². The Morgan fingerprint density at radius 2 is 1.80 bits per heavy atom. The lowest BCUT2D eigenvalue weighted by Gasteiger charge is -2.32. The number of hydrogen-bond acceptors (Lipinski definition) is 2. The number of nitrogens with one attached hydrogen (secondary N) is 1. The van der Waals surface area contributed by atoms with Crippen LogP contribution in [0.25, 0.3) is 0 Å². The highest BCUT2D eigenvalue weighted by Crippen LogP contribution is 2.26. The van der Waals surface area contributed by atoms with Gasteiger partial charge in [-0.3, -0.25) is 0 Å². The molecule has 0 radical (unpaired) electrons. The molecule has 2 nitrogen and oxygen atoms in total. The second-order valence-corrected chi connectivity index (χ2v) is 6.17. The summed E-state index contributed by atoms with van der Waals surface area (Å²) in [6, 6.07) is 9.67. The van der Waals surface area contributed by atoms with Gasteiger partial charge in [-0.25, -0.2) is 0 Å². The van der Waals surface area contributed by atoms with Gasteiger partial charge in [-0.15, -0.1) is 0 Å². The summed E-state index contributed by atoms with van der Waals surface area (Å²) < 4.78 is 0. The topological polar surface area (TPSA) is 15.3 Å². The summed E-state index contributed by atoms with van der Waals surface area (Å²) in [6.45, 7) is 6.70. The lowest BCUT2D eigenvalue weighted by atomic mass is 9.94. The zero-order chi connectivity index (χ0) is 14.4. The molecule has 20 heavy (non-hydrogen) atoms. The van der Waals surface area contributed by atoms with Gasteiger partial charge in [-0.1, -0.05) is 37.0 Å². The number of aryl methyl sites for hydroxylation is 1. The molecule has 2 atom stereocenters. The Kier molecular flexibility index (Phi) is 5.90. The zero-order valence-corrected chi connectivity index (χ0v) is 13.4. The van der Waals surface area contributed by atoms with Crippen molar-refractivity contribution < 1.29 is 0 Å².